The first-order valence-electron chi connectivity index (χ1n) is 7.65. The highest BCUT2D eigenvalue weighted by atomic mass is 19.4. The molecule has 0 aliphatic rings. The van der Waals surface area contributed by atoms with Crippen molar-refractivity contribution in [3.63, 3.8) is 0 Å². The number of alkyl carbamates (subject to hydrolysis) is 1. The van der Waals surface area contributed by atoms with Crippen LogP contribution in [-0.4, -0.2) is 17.8 Å². The summed E-state index contributed by atoms with van der Waals surface area (Å²) in [5.41, 5.74) is 0.225. The Morgan fingerprint density at radius 3 is 2.48 bits per heavy atom. The van der Waals surface area contributed by atoms with Crippen LogP contribution in [0.25, 0.3) is 0 Å². The topological polar surface area (TPSA) is 58.6 Å². The molecule has 2 rings (SSSR count). The van der Waals surface area contributed by atoms with Gasteiger partial charge in [-0.25, -0.2) is 4.79 Å². The van der Waals surface area contributed by atoms with Crippen LogP contribution in [0.5, 0.6) is 0 Å². The Hall–Kier alpha value is -2.54. The van der Waals surface area contributed by atoms with E-state index < -0.39 is 23.9 Å². The Kier molecular flexibility index (Phi) is 6.41. The zero-order chi connectivity index (χ0) is 18.3. The third-order valence-corrected chi connectivity index (χ3v) is 3.54. The van der Waals surface area contributed by atoms with Gasteiger partial charge in [0.1, 0.15) is 6.61 Å². The molecule has 0 fully saturated rings. The van der Waals surface area contributed by atoms with Gasteiger partial charge in [-0.05, 0) is 29.7 Å². The molecular weight excluding hydrogens is 335 g/mol. The van der Waals surface area contributed by atoms with Gasteiger partial charge in [0.15, 0.2) is 0 Å². The molecule has 1 unspecified atom stereocenters. The summed E-state index contributed by atoms with van der Waals surface area (Å²) in [7, 11) is 0. The van der Waals surface area contributed by atoms with E-state index in [0.717, 1.165) is 17.7 Å². The highest BCUT2D eigenvalue weighted by Gasteiger charge is 2.31. The molecule has 1 atom stereocenters. The molecular formula is C18H18F3NO3. The summed E-state index contributed by atoms with van der Waals surface area (Å²) >= 11 is 0. The van der Waals surface area contributed by atoms with Crippen molar-refractivity contribution in [3.8, 4) is 0 Å². The molecule has 0 radical (unpaired) electrons. The van der Waals surface area contributed by atoms with Crippen molar-refractivity contribution >= 4 is 6.09 Å². The summed E-state index contributed by atoms with van der Waals surface area (Å²) < 4.78 is 43.6. The van der Waals surface area contributed by atoms with Crippen molar-refractivity contribution in [2.24, 2.45) is 0 Å². The molecule has 25 heavy (non-hydrogen) atoms. The Balaban J connectivity index is 2.04. The number of rotatable bonds is 6. The molecule has 1 amide bonds. The van der Waals surface area contributed by atoms with E-state index in [0.29, 0.717) is 0 Å². The number of aliphatic hydroxyl groups excluding tert-OH is 1. The van der Waals surface area contributed by atoms with E-state index in [1.54, 1.807) is 24.3 Å². The minimum atomic E-state index is -4.48. The number of hydrogen-bond donors (Lipinski definition) is 2. The number of benzene rings is 2. The van der Waals surface area contributed by atoms with Crippen LogP contribution in [0.15, 0.2) is 54.6 Å². The Labute approximate surface area is 143 Å². The van der Waals surface area contributed by atoms with Crippen molar-refractivity contribution in [1.29, 1.82) is 0 Å². The quantitative estimate of drug-likeness (QED) is 0.824. The first kappa shape index (κ1) is 18.8. The molecule has 0 spiro atoms. The minimum Gasteiger partial charge on any atom is -0.445 e. The molecule has 0 saturated heterocycles. The second-order valence-corrected chi connectivity index (χ2v) is 5.39. The van der Waals surface area contributed by atoms with Gasteiger partial charge in [0.2, 0.25) is 0 Å². The monoisotopic (exact) mass is 353 g/mol. The number of aliphatic hydroxyl groups is 1. The lowest BCUT2D eigenvalue weighted by Crippen LogP contribution is -2.30. The maximum absolute atomic E-state index is 12.8. The molecule has 134 valence electrons. The second kappa shape index (κ2) is 8.53. The van der Waals surface area contributed by atoms with E-state index in [4.69, 9.17) is 9.84 Å². The Morgan fingerprint density at radius 1 is 1.12 bits per heavy atom. The molecule has 0 heterocycles. The molecule has 2 N–H and O–H groups in total. The summed E-state index contributed by atoms with van der Waals surface area (Å²) in [6.07, 6.45) is -5.17. The molecule has 7 heteroatoms. The molecule has 0 aliphatic heterocycles. The van der Waals surface area contributed by atoms with E-state index in [1.807, 2.05) is 6.07 Å². The Morgan fingerprint density at radius 2 is 1.84 bits per heavy atom. The fraction of sp³-hybridized carbons (Fsp3) is 0.278. The normalized spacial score (nSPS) is 12.5. The summed E-state index contributed by atoms with van der Waals surface area (Å²) in [5.74, 6) is 0. The van der Waals surface area contributed by atoms with Crippen LogP contribution in [0.1, 0.15) is 29.2 Å². The number of alkyl halides is 3. The second-order valence-electron chi connectivity index (χ2n) is 5.39. The predicted octanol–water partition coefficient (Wildman–Crippen LogP) is 4.06. The number of carbonyl (C=O) groups is 1. The van der Waals surface area contributed by atoms with Gasteiger partial charge in [-0.1, -0.05) is 42.5 Å². The lowest BCUT2D eigenvalue weighted by Gasteiger charge is -2.19. The summed E-state index contributed by atoms with van der Waals surface area (Å²) in [6.45, 7) is -0.249. The fourth-order valence-corrected chi connectivity index (χ4v) is 2.29. The van der Waals surface area contributed by atoms with Crippen LogP contribution in [0.2, 0.25) is 0 Å². The standard InChI is InChI=1S/C18H18F3NO3/c19-18(20,21)15-8-4-7-14(11-15)16(9-10-23)22-17(24)25-12-13-5-2-1-3-6-13/h1-8,11,16,23H,9-10,12H2,(H,22,24). The number of ether oxygens (including phenoxy) is 1. The number of carbonyl (C=O) groups excluding carboxylic acids is 1. The van der Waals surface area contributed by atoms with Gasteiger partial charge in [0, 0.05) is 6.61 Å². The highest BCUT2D eigenvalue weighted by Crippen LogP contribution is 2.31. The predicted molar refractivity (Wildman–Crippen MR) is 85.7 cm³/mol. The SMILES string of the molecule is O=C(NC(CCO)c1cccc(C(F)(F)F)c1)OCc1ccccc1. The van der Waals surface area contributed by atoms with Gasteiger partial charge in [0.25, 0.3) is 0 Å². The van der Waals surface area contributed by atoms with E-state index in [1.165, 1.54) is 12.1 Å². The van der Waals surface area contributed by atoms with Crippen LogP contribution in [0.4, 0.5) is 18.0 Å². The molecule has 0 saturated carbocycles. The van der Waals surface area contributed by atoms with Crippen molar-refractivity contribution in [3.05, 3.63) is 71.3 Å². The van der Waals surface area contributed by atoms with Crippen molar-refractivity contribution in [2.75, 3.05) is 6.61 Å². The van der Waals surface area contributed by atoms with E-state index >= 15 is 0 Å². The molecule has 0 aromatic heterocycles. The van der Waals surface area contributed by atoms with Gasteiger partial charge < -0.3 is 15.2 Å². The lowest BCUT2D eigenvalue weighted by atomic mass is 10.0. The third kappa shape index (κ3) is 5.79. The van der Waals surface area contributed by atoms with E-state index in [2.05, 4.69) is 5.32 Å². The molecule has 2 aromatic carbocycles. The fourth-order valence-electron chi connectivity index (χ4n) is 2.29. The maximum atomic E-state index is 12.8. The van der Waals surface area contributed by atoms with E-state index in [-0.39, 0.29) is 25.2 Å². The average molecular weight is 353 g/mol. The zero-order valence-electron chi connectivity index (χ0n) is 13.3. The van der Waals surface area contributed by atoms with Crippen molar-refractivity contribution < 1.29 is 27.8 Å². The largest absolute Gasteiger partial charge is 0.445 e. The van der Waals surface area contributed by atoms with Gasteiger partial charge in [-0.15, -0.1) is 0 Å². The minimum absolute atomic E-state index is 0.0428. The summed E-state index contributed by atoms with van der Waals surface area (Å²) in [6, 6.07) is 12.8. The van der Waals surface area contributed by atoms with Crippen molar-refractivity contribution in [1.82, 2.24) is 5.32 Å². The van der Waals surface area contributed by atoms with Gasteiger partial charge in [0.05, 0.1) is 11.6 Å². The van der Waals surface area contributed by atoms with Crippen LogP contribution in [-0.2, 0) is 17.5 Å². The Bertz CT molecular complexity index is 689. The van der Waals surface area contributed by atoms with Gasteiger partial charge in [-0.3, -0.25) is 0 Å². The highest BCUT2D eigenvalue weighted by molar-refractivity contribution is 5.68. The summed E-state index contributed by atoms with van der Waals surface area (Å²) in [4.78, 5) is 11.9. The lowest BCUT2D eigenvalue weighted by molar-refractivity contribution is -0.137. The maximum Gasteiger partial charge on any atom is 0.416 e. The average Bonchev–Trinajstić information content (AvgIpc) is 2.60. The first-order valence-corrected chi connectivity index (χ1v) is 7.65. The van der Waals surface area contributed by atoms with Crippen LogP contribution in [0, 0.1) is 0 Å². The smallest absolute Gasteiger partial charge is 0.416 e. The third-order valence-electron chi connectivity index (χ3n) is 3.54. The molecule has 0 bridgehead atoms. The number of amides is 1. The van der Waals surface area contributed by atoms with Gasteiger partial charge in [-0.2, -0.15) is 13.2 Å². The number of halogens is 3. The van der Waals surface area contributed by atoms with Crippen LogP contribution in [0.3, 0.4) is 0 Å². The van der Waals surface area contributed by atoms with E-state index in [9.17, 15) is 18.0 Å². The molecule has 4 nitrogen and oxygen atoms in total. The van der Waals surface area contributed by atoms with Crippen LogP contribution >= 0.6 is 0 Å². The summed E-state index contributed by atoms with van der Waals surface area (Å²) in [5, 5.41) is 11.6. The molecule has 0 aliphatic carbocycles. The zero-order valence-corrected chi connectivity index (χ0v) is 13.3. The van der Waals surface area contributed by atoms with Crippen LogP contribution < -0.4 is 5.32 Å². The first-order chi connectivity index (χ1) is 11.9. The number of hydrogen-bond acceptors (Lipinski definition) is 3. The van der Waals surface area contributed by atoms with Gasteiger partial charge >= 0.3 is 12.3 Å². The van der Waals surface area contributed by atoms with Crippen molar-refractivity contribution in [2.45, 2.75) is 25.2 Å². The number of nitrogens with one attached hydrogen (secondary N) is 1. The molecule has 2 aromatic rings.